The molecule has 0 saturated carbocycles. The Hall–Kier alpha value is -1.78. The summed E-state index contributed by atoms with van der Waals surface area (Å²) >= 11 is 0. The van der Waals surface area contributed by atoms with Crippen molar-refractivity contribution in [3.8, 4) is 0 Å². The number of nitrogens with two attached hydrogens (primary N) is 1. The Morgan fingerprint density at radius 3 is 2.57 bits per heavy atom. The van der Waals surface area contributed by atoms with Crippen molar-refractivity contribution < 1.29 is 8.78 Å². The minimum atomic E-state index is -0.560. The fourth-order valence-electron chi connectivity index (χ4n) is 2.38. The molecule has 4 heteroatoms. The second kappa shape index (κ2) is 6.78. The number of nitrogens with zero attached hydrogens (tertiary/aromatic N) is 1. The molecule has 0 aliphatic carbocycles. The van der Waals surface area contributed by atoms with Crippen LogP contribution in [0.4, 0.5) is 8.78 Å². The molecule has 1 unspecified atom stereocenters. The van der Waals surface area contributed by atoms with Crippen molar-refractivity contribution in [1.82, 2.24) is 4.90 Å². The molecule has 2 nitrogen and oxygen atoms in total. The third-order valence-corrected chi connectivity index (χ3v) is 3.57. The Kier molecular flexibility index (Phi) is 5.04. The van der Waals surface area contributed by atoms with Crippen molar-refractivity contribution in [3.63, 3.8) is 0 Å². The van der Waals surface area contributed by atoms with E-state index in [-0.39, 0.29) is 5.56 Å². The third-order valence-electron chi connectivity index (χ3n) is 3.57. The molecule has 0 saturated heterocycles. The summed E-state index contributed by atoms with van der Waals surface area (Å²) in [5.74, 6) is -0.934. The zero-order valence-electron chi connectivity index (χ0n) is 12.3. The van der Waals surface area contributed by atoms with E-state index in [4.69, 9.17) is 5.73 Å². The van der Waals surface area contributed by atoms with Crippen LogP contribution in [-0.4, -0.2) is 18.5 Å². The van der Waals surface area contributed by atoms with Gasteiger partial charge in [0.25, 0.3) is 0 Å². The van der Waals surface area contributed by atoms with E-state index in [0.717, 1.165) is 18.7 Å². The zero-order chi connectivity index (χ0) is 15.4. The van der Waals surface area contributed by atoms with Gasteiger partial charge in [0.05, 0.1) is 0 Å². The van der Waals surface area contributed by atoms with Gasteiger partial charge in [-0.2, -0.15) is 0 Å². The van der Waals surface area contributed by atoms with Crippen LogP contribution in [0.25, 0.3) is 0 Å². The SMILES string of the molecule is Cc1ccccc1CN(C)CC(N)c1cc(F)ccc1F. The third kappa shape index (κ3) is 4.09. The number of hydrogen-bond donors (Lipinski definition) is 1. The Morgan fingerprint density at radius 2 is 1.86 bits per heavy atom. The fourth-order valence-corrected chi connectivity index (χ4v) is 2.38. The van der Waals surface area contributed by atoms with Gasteiger partial charge < -0.3 is 10.6 Å². The Morgan fingerprint density at radius 1 is 1.14 bits per heavy atom. The van der Waals surface area contributed by atoms with Crippen LogP contribution in [0.3, 0.4) is 0 Å². The minimum Gasteiger partial charge on any atom is -0.323 e. The topological polar surface area (TPSA) is 29.3 Å². The molecule has 1 atom stereocenters. The van der Waals surface area contributed by atoms with Gasteiger partial charge in [0, 0.05) is 24.7 Å². The molecule has 21 heavy (non-hydrogen) atoms. The second-order valence-electron chi connectivity index (χ2n) is 5.40. The highest BCUT2D eigenvalue weighted by atomic mass is 19.1. The first-order chi connectivity index (χ1) is 9.97. The lowest BCUT2D eigenvalue weighted by atomic mass is 10.1. The van der Waals surface area contributed by atoms with E-state index < -0.39 is 17.7 Å². The van der Waals surface area contributed by atoms with Crippen LogP contribution >= 0.6 is 0 Å². The average Bonchev–Trinajstić information content (AvgIpc) is 2.44. The summed E-state index contributed by atoms with van der Waals surface area (Å²) in [6.07, 6.45) is 0. The van der Waals surface area contributed by atoms with Crippen LogP contribution < -0.4 is 5.73 Å². The van der Waals surface area contributed by atoms with Gasteiger partial charge in [0.15, 0.2) is 0 Å². The van der Waals surface area contributed by atoms with Gasteiger partial charge in [-0.3, -0.25) is 0 Å². The van der Waals surface area contributed by atoms with E-state index in [1.54, 1.807) is 0 Å². The van der Waals surface area contributed by atoms with Crippen LogP contribution in [-0.2, 0) is 6.54 Å². The summed E-state index contributed by atoms with van der Waals surface area (Å²) in [6, 6.07) is 10.9. The smallest absolute Gasteiger partial charge is 0.128 e. The zero-order valence-corrected chi connectivity index (χ0v) is 12.3. The fraction of sp³-hybridized carbons (Fsp3) is 0.294. The molecule has 0 aliphatic rings. The summed E-state index contributed by atoms with van der Waals surface area (Å²) in [5.41, 5.74) is 8.63. The second-order valence-corrected chi connectivity index (χ2v) is 5.40. The van der Waals surface area contributed by atoms with E-state index in [9.17, 15) is 8.78 Å². The summed E-state index contributed by atoms with van der Waals surface area (Å²) in [7, 11) is 1.92. The molecule has 0 spiro atoms. The van der Waals surface area contributed by atoms with Crippen LogP contribution in [0.15, 0.2) is 42.5 Å². The number of rotatable bonds is 5. The van der Waals surface area contributed by atoms with Gasteiger partial charge >= 0.3 is 0 Å². The molecule has 0 amide bonds. The Labute approximate surface area is 124 Å². The van der Waals surface area contributed by atoms with E-state index in [2.05, 4.69) is 19.1 Å². The number of aryl methyl sites for hydroxylation is 1. The van der Waals surface area contributed by atoms with Crippen molar-refractivity contribution in [2.45, 2.75) is 19.5 Å². The Balaban J connectivity index is 2.04. The molecule has 2 aromatic rings. The van der Waals surface area contributed by atoms with Gasteiger partial charge in [-0.15, -0.1) is 0 Å². The highest BCUT2D eigenvalue weighted by Crippen LogP contribution is 2.18. The molecule has 0 bridgehead atoms. The lowest BCUT2D eigenvalue weighted by Crippen LogP contribution is -2.29. The van der Waals surface area contributed by atoms with E-state index in [1.165, 1.54) is 17.2 Å². The Bertz CT molecular complexity index is 613. The van der Waals surface area contributed by atoms with Gasteiger partial charge in [-0.25, -0.2) is 8.78 Å². The maximum Gasteiger partial charge on any atom is 0.128 e. The summed E-state index contributed by atoms with van der Waals surface area (Å²) in [4.78, 5) is 2.01. The first-order valence-corrected chi connectivity index (χ1v) is 6.91. The molecular formula is C17H20F2N2. The first kappa shape index (κ1) is 15.6. The highest BCUT2D eigenvalue weighted by Gasteiger charge is 2.15. The van der Waals surface area contributed by atoms with Crippen LogP contribution in [0.5, 0.6) is 0 Å². The molecular weight excluding hydrogens is 270 g/mol. The summed E-state index contributed by atoms with van der Waals surface area (Å²) < 4.78 is 26.9. The molecule has 112 valence electrons. The molecule has 2 aromatic carbocycles. The maximum atomic E-state index is 13.7. The maximum absolute atomic E-state index is 13.7. The van der Waals surface area contributed by atoms with Crippen molar-refractivity contribution >= 4 is 0 Å². The van der Waals surface area contributed by atoms with Crippen molar-refractivity contribution in [1.29, 1.82) is 0 Å². The molecule has 2 rings (SSSR count). The molecule has 0 fully saturated rings. The van der Waals surface area contributed by atoms with Gasteiger partial charge in [-0.1, -0.05) is 24.3 Å². The van der Waals surface area contributed by atoms with E-state index in [1.807, 2.05) is 24.1 Å². The molecule has 2 N–H and O–H groups in total. The van der Waals surface area contributed by atoms with Crippen molar-refractivity contribution in [3.05, 3.63) is 70.8 Å². The number of hydrogen-bond acceptors (Lipinski definition) is 2. The molecule has 0 aliphatic heterocycles. The lowest BCUT2D eigenvalue weighted by molar-refractivity contribution is 0.302. The predicted octanol–water partition coefficient (Wildman–Crippen LogP) is 3.41. The monoisotopic (exact) mass is 290 g/mol. The van der Waals surface area contributed by atoms with Crippen LogP contribution in [0.1, 0.15) is 22.7 Å². The standard InChI is InChI=1S/C17H20F2N2/c1-12-5-3-4-6-13(12)10-21(2)11-17(20)15-9-14(18)7-8-16(15)19/h3-9,17H,10-11,20H2,1-2H3. The molecule has 0 heterocycles. The number of likely N-dealkylation sites (N-methyl/N-ethyl adjacent to an activating group) is 1. The van der Waals surface area contributed by atoms with Crippen LogP contribution in [0, 0.1) is 18.6 Å². The van der Waals surface area contributed by atoms with Crippen molar-refractivity contribution in [2.75, 3.05) is 13.6 Å². The predicted molar refractivity (Wildman–Crippen MR) is 80.8 cm³/mol. The van der Waals surface area contributed by atoms with Gasteiger partial charge in [0.1, 0.15) is 11.6 Å². The van der Waals surface area contributed by atoms with E-state index in [0.29, 0.717) is 6.54 Å². The minimum absolute atomic E-state index is 0.214. The molecule has 0 radical (unpaired) electrons. The van der Waals surface area contributed by atoms with Crippen molar-refractivity contribution in [2.24, 2.45) is 5.73 Å². The lowest BCUT2D eigenvalue weighted by Gasteiger charge is -2.22. The van der Waals surface area contributed by atoms with Crippen LogP contribution in [0.2, 0.25) is 0 Å². The quantitative estimate of drug-likeness (QED) is 0.914. The highest BCUT2D eigenvalue weighted by molar-refractivity contribution is 5.26. The summed E-state index contributed by atoms with van der Waals surface area (Å²) in [5, 5.41) is 0. The first-order valence-electron chi connectivity index (χ1n) is 6.91. The van der Waals surface area contributed by atoms with Gasteiger partial charge in [-0.05, 0) is 43.3 Å². The average molecular weight is 290 g/mol. The number of benzene rings is 2. The van der Waals surface area contributed by atoms with E-state index >= 15 is 0 Å². The normalized spacial score (nSPS) is 12.7. The summed E-state index contributed by atoms with van der Waals surface area (Å²) in [6.45, 7) is 3.22. The van der Waals surface area contributed by atoms with Gasteiger partial charge in [0.2, 0.25) is 0 Å². The largest absolute Gasteiger partial charge is 0.323 e. The molecule has 0 aromatic heterocycles. The number of halogens is 2.